The third kappa shape index (κ3) is 3.80. The number of thioether (sulfide) groups is 1. The van der Waals surface area contributed by atoms with Gasteiger partial charge in [0.2, 0.25) is 0 Å². The van der Waals surface area contributed by atoms with Crippen LogP contribution in [0.4, 0.5) is 4.39 Å². The average Bonchev–Trinajstić information content (AvgIpc) is 2.45. The van der Waals surface area contributed by atoms with Crippen molar-refractivity contribution in [1.82, 2.24) is 0 Å². The van der Waals surface area contributed by atoms with Crippen LogP contribution in [0.3, 0.4) is 0 Å². The van der Waals surface area contributed by atoms with Crippen molar-refractivity contribution in [1.29, 1.82) is 0 Å². The van der Waals surface area contributed by atoms with Crippen molar-refractivity contribution >= 4 is 23.6 Å². The molecule has 0 aliphatic carbocycles. The first-order valence-electron chi connectivity index (χ1n) is 5.81. The second kappa shape index (κ2) is 6.34. The smallest absolute Gasteiger partial charge is 0.185 e. The summed E-state index contributed by atoms with van der Waals surface area (Å²) in [5.74, 6) is -0.600. The number of rotatable bonds is 4. The van der Waals surface area contributed by atoms with Crippen LogP contribution < -0.4 is 0 Å². The number of carbonyl (C=O) groups is 1. The topological polar surface area (TPSA) is 17.1 Å². The van der Waals surface area contributed by atoms with Gasteiger partial charge in [-0.1, -0.05) is 30.3 Å². The number of benzene rings is 2. The highest BCUT2D eigenvalue weighted by Gasteiger charge is 2.02. The zero-order valence-electron chi connectivity index (χ0n) is 10.5. The van der Waals surface area contributed by atoms with Crippen molar-refractivity contribution < 1.29 is 9.18 Å². The van der Waals surface area contributed by atoms with Crippen molar-refractivity contribution in [2.75, 3.05) is 6.26 Å². The van der Waals surface area contributed by atoms with Crippen molar-refractivity contribution in [2.45, 2.75) is 4.90 Å². The zero-order valence-corrected chi connectivity index (χ0v) is 11.3. The summed E-state index contributed by atoms with van der Waals surface area (Å²) in [4.78, 5) is 13.0. The molecule has 0 saturated heterocycles. The third-order valence-corrected chi connectivity index (χ3v) is 3.40. The molecule has 0 fully saturated rings. The molecule has 0 aliphatic heterocycles. The van der Waals surface area contributed by atoms with E-state index in [1.54, 1.807) is 23.9 Å². The van der Waals surface area contributed by atoms with Crippen LogP contribution in [0, 0.1) is 5.82 Å². The van der Waals surface area contributed by atoms with Crippen molar-refractivity contribution in [3.05, 3.63) is 71.6 Å². The molecule has 2 aromatic carbocycles. The number of hydrogen-bond donors (Lipinski definition) is 0. The lowest BCUT2D eigenvalue weighted by molar-refractivity contribution is 0.104. The minimum Gasteiger partial charge on any atom is -0.289 e. The Bertz CT molecular complexity index is 602. The molecule has 0 saturated carbocycles. The van der Waals surface area contributed by atoms with Crippen LogP contribution in [0.1, 0.15) is 15.9 Å². The summed E-state index contributed by atoms with van der Waals surface area (Å²) >= 11 is 1.67. The summed E-state index contributed by atoms with van der Waals surface area (Å²) in [5.41, 5.74) is 1.31. The number of carbonyl (C=O) groups excluding carboxylic acids is 1. The Balaban J connectivity index is 2.11. The Labute approximate surface area is 116 Å². The predicted octanol–water partition coefficient (Wildman–Crippen LogP) is 4.44. The Morgan fingerprint density at radius 2 is 1.89 bits per heavy atom. The third-order valence-electron chi connectivity index (χ3n) is 2.65. The standard InChI is InChI=1S/C16H13FOS/c1-19-15-8-5-12(6-9-15)7-10-16(18)13-3-2-4-14(17)11-13/h2-11H,1H3/b10-7+. The Hall–Kier alpha value is -1.87. The summed E-state index contributed by atoms with van der Waals surface area (Å²) in [5, 5.41) is 0. The van der Waals surface area contributed by atoms with E-state index in [-0.39, 0.29) is 5.78 Å². The highest BCUT2D eigenvalue weighted by atomic mass is 32.2. The molecule has 0 aromatic heterocycles. The van der Waals surface area contributed by atoms with Gasteiger partial charge in [-0.15, -0.1) is 11.8 Å². The fourth-order valence-corrected chi connectivity index (χ4v) is 2.03. The van der Waals surface area contributed by atoms with E-state index in [0.717, 1.165) is 5.56 Å². The van der Waals surface area contributed by atoms with E-state index in [0.29, 0.717) is 5.56 Å². The van der Waals surface area contributed by atoms with E-state index in [1.165, 1.54) is 29.2 Å². The van der Waals surface area contributed by atoms with Crippen molar-refractivity contribution in [3.8, 4) is 0 Å². The molecule has 2 aromatic rings. The molecule has 3 heteroatoms. The SMILES string of the molecule is CSc1ccc(/C=C/C(=O)c2cccc(F)c2)cc1. The van der Waals surface area contributed by atoms with E-state index >= 15 is 0 Å². The van der Waals surface area contributed by atoms with Crippen LogP contribution >= 0.6 is 11.8 Å². The van der Waals surface area contributed by atoms with Gasteiger partial charge < -0.3 is 0 Å². The van der Waals surface area contributed by atoms with Gasteiger partial charge >= 0.3 is 0 Å². The van der Waals surface area contributed by atoms with Gasteiger partial charge in [0.25, 0.3) is 0 Å². The van der Waals surface area contributed by atoms with Crippen molar-refractivity contribution in [3.63, 3.8) is 0 Å². The van der Waals surface area contributed by atoms with E-state index in [1.807, 2.05) is 30.5 Å². The molecule has 0 heterocycles. The van der Waals surface area contributed by atoms with Gasteiger partial charge in [-0.25, -0.2) is 4.39 Å². The van der Waals surface area contributed by atoms with Crippen LogP contribution in [0.2, 0.25) is 0 Å². The lowest BCUT2D eigenvalue weighted by Gasteiger charge is -1.98. The molecule has 0 N–H and O–H groups in total. The maximum Gasteiger partial charge on any atom is 0.185 e. The van der Waals surface area contributed by atoms with Gasteiger partial charge in [-0.3, -0.25) is 4.79 Å². The minimum atomic E-state index is -0.399. The molecule has 0 spiro atoms. The Kier molecular flexibility index (Phi) is 4.53. The molecular weight excluding hydrogens is 259 g/mol. The minimum absolute atomic E-state index is 0.201. The maximum atomic E-state index is 13.0. The van der Waals surface area contributed by atoms with Crippen LogP contribution in [0.25, 0.3) is 6.08 Å². The van der Waals surface area contributed by atoms with E-state index < -0.39 is 5.82 Å². The summed E-state index contributed by atoms with van der Waals surface area (Å²) in [6.45, 7) is 0. The molecule has 96 valence electrons. The largest absolute Gasteiger partial charge is 0.289 e. The number of halogens is 1. The molecule has 0 amide bonds. The highest BCUT2D eigenvalue weighted by Crippen LogP contribution is 2.15. The first-order valence-corrected chi connectivity index (χ1v) is 7.03. The molecule has 2 rings (SSSR count). The van der Waals surface area contributed by atoms with Gasteiger partial charge in [0.15, 0.2) is 5.78 Å². The lowest BCUT2D eigenvalue weighted by Crippen LogP contribution is -1.94. The summed E-state index contributed by atoms with van der Waals surface area (Å²) < 4.78 is 13.0. The van der Waals surface area contributed by atoms with Gasteiger partial charge in [0, 0.05) is 10.5 Å². The summed E-state index contributed by atoms with van der Waals surface area (Å²) in [6, 6.07) is 13.6. The average molecular weight is 272 g/mol. The molecular formula is C16H13FOS. The zero-order chi connectivity index (χ0) is 13.7. The van der Waals surface area contributed by atoms with Gasteiger partial charge in [-0.2, -0.15) is 0 Å². The van der Waals surface area contributed by atoms with E-state index in [4.69, 9.17) is 0 Å². The highest BCUT2D eigenvalue weighted by molar-refractivity contribution is 7.98. The van der Waals surface area contributed by atoms with Crippen LogP contribution in [-0.4, -0.2) is 12.0 Å². The van der Waals surface area contributed by atoms with Gasteiger partial charge in [-0.05, 0) is 42.2 Å². The first-order chi connectivity index (χ1) is 9.19. The maximum absolute atomic E-state index is 13.0. The molecule has 0 unspecified atom stereocenters. The number of hydrogen-bond acceptors (Lipinski definition) is 2. The van der Waals surface area contributed by atoms with E-state index in [2.05, 4.69) is 0 Å². The molecule has 0 aliphatic rings. The van der Waals surface area contributed by atoms with Gasteiger partial charge in [0.05, 0.1) is 0 Å². The molecule has 0 radical (unpaired) electrons. The quantitative estimate of drug-likeness (QED) is 0.465. The Morgan fingerprint density at radius 1 is 1.16 bits per heavy atom. The van der Waals surface area contributed by atoms with Crippen LogP contribution in [-0.2, 0) is 0 Å². The molecule has 0 bridgehead atoms. The van der Waals surface area contributed by atoms with Crippen LogP contribution in [0.5, 0.6) is 0 Å². The normalized spacial score (nSPS) is 10.8. The fourth-order valence-electron chi connectivity index (χ4n) is 1.62. The monoisotopic (exact) mass is 272 g/mol. The summed E-state index contributed by atoms with van der Waals surface area (Å²) in [6.07, 6.45) is 5.21. The number of ketones is 1. The Morgan fingerprint density at radius 3 is 2.53 bits per heavy atom. The first kappa shape index (κ1) is 13.6. The van der Waals surface area contributed by atoms with Gasteiger partial charge in [0.1, 0.15) is 5.82 Å². The van der Waals surface area contributed by atoms with Crippen LogP contribution in [0.15, 0.2) is 59.5 Å². The fraction of sp³-hybridized carbons (Fsp3) is 0.0625. The second-order valence-corrected chi connectivity index (χ2v) is 4.86. The number of allylic oxidation sites excluding steroid dienone is 1. The summed E-state index contributed by atoms with van der Waals surface area (Å²) in [7, 11) is 0. The molecule has 19 heavy (non-hydrogen) atoms. The predicted molar refractivity (Wildman–Crippen MR) is 78.0 cm³/mol. The van der Waals surface area contributed by atoms with Crippen molar-refractivity contribution in [2.24, 2.45) is 0 Å². The molecule has 1 nitrogen and oxygen atoms in total. The molecule has 0 atom stereocenters. The lowest BCUT2D eigenvalue weighted by atomic mass is 10.1. The van der Waals surface area contributed by atoms with E-state index in [9.17, 15) is 9.18 Å². The second-order valence-electron chi connectivity index (χ2n) is 3.98.